The lowest BCUT2D eigenvalue weighted by Crippen LogP contribution is -2.63. The quantitative estimate of drug-likeness (QED) is 0.322. The van der Waals surface area contributed by atoms with Crippen molar-refractivity contribution in [2.75, 3.05) is 45.8 Å². The Bertz CT molecular complexity index is 1650. The van der Waals surface area contributed by atoms with Gasteiger partial charge in [-0.25, -0.2) is 18.4 Å². The van der Waals surface area contributed by atoms with Gasteiger partial charge in [-0.1, -0.05) is 48.0 Å². The van der Waals surface area contributed by atoms with E-state index in [9.17, 15) is 13.2 Å². The molecule has 0 N–H and O–H groups in total. The minimum absolute atomic E-state index is 0.0245. The molecule has 4 heterocycles. The van der Waals surface area contributed by atoms with Gasteiger partial charge in [0.2, 0.25) is 10.0 Å². The van der Waals surface area contributed by atoms with Crippen LogP contribution in [0.25, 0.3) is 0 Å². The molecule has 3 saturated heterocycles. The zero-order valence-electron chi connectivity index (χ0n) is 28.0. The highest BCUT2D eigenvalue weighted by Crippen LogP contribution is 2.40. The lowest BCUT2D eigenvalue weighted by Gasteiger charge is -2.54. The molecule has 0 radical (unpaired) electrons. The van der Waals surface area contributed by atoms with E-state index in [1.54, 1.807) is 28.6 Å². The molecule has 6 rings (SSSR count). The number of piperazine rings is 1. The van der Waals surface area contributed by atoms with Crippen molar-refractivity contribution < 1.29 is 13.2 Å². The molecule has 1 aromatic heterocycles. The summed E-state index contributed by atoms with van der Waals surface area (Å²) in [6.45, 7) is 13.8. The molecule has 9 nitrogen and oxygen atoms in total. The van der Waals surface area contributed by atoms with E-state index < -0.39 is 10.0 Å². The van der Waals surface area contributed by atoms with Crippen molar-refractivity contribution in [1.82, 2.24) is 29.0 Å². The Kier molecular flexibility index (Phi) is 10.1. The molecule has 252 valence electrons. The summed E-state index contributed by atoms with van der Waals surface area (Å²) in [5.74, 6) is 0.383. The highest BCUT2D eigenvalue weighted by Gasteiger charge is 2.43. The number of benzene rings is 2. The average Bonchev–Trinajstić information content (AvgIpc) is 3.06. The van der Waals surface area contributed by atoms with Gasteiger partial charge in [-0.3, -0.25) is 14.6 Å². The molecule has 3 fully saturated rings. The number of sulfonamides is 1. The van der Waals surface area contributed by atoms with Crippen molar-refractivity contribution in [3.05, 3.63) is 88.5 Å². The van der Waals surface area contributed by atoms with Gasteiger partial charge in [-0.15, -0.1) is 0 Å². The van der Waals surface area contributed by atoms with Gasteiger partial charge in [0.05, 0.1) is 21.8 Å². The van der Waals surface area contributed by atoms with Crippen molar-refractivity contribution in [3.8, 4) is 0 Å². The van der Waals surface area contributed by atoms with Crippen LogP contribution in [0.2, 0.25) is 5.02 Å². The summed E-state index contributed by atoms with van der Waals surface area (Å²) in [5.41, 5.74) is 3.44. The third-order valence-corrected chi connectivity index (χ3v) is 13.0. The fourth-order valence-corrected chi connectivity index (χ4v) is 9.81. The van der Waals surface area contributed by atoms with Gasteiger partial charge in [-0.05, 0) is 83.1 Å². The Morgan fingerprint density at radius 2 is 1.57 bits per heavy atom. The molecule has 0 saturated carbocycles. The molecular formula is C36H47ClN6O3S. The number of nitrogens with zero attached hydrogens (tertiary/aromatic N) is 6. The fraction of sp³-hybridized carbons (Fsp3) is 0.528. The number of rotatable bonds is 7. The maximum Gasteiger partial charge on any atom is 0.257 e. The van der Waals surface area contributed by atoms with E-state index in [0.717, 1.165) is 69.8 Å². The van der Waals surface area contributed by atoms with E-state index in [1.165, 1.54) is 11.9 Å². The van der Waals surface area contributed by atoms with Crippen molar-refractivity contribution >= 4 is 27.5 Å². The Hall–Kier alpha value is -2.89. The average molecular weight is 679 g/mol. The minimum Gasteiger partial charge on any atom is -0.338 e. The van der Waals surface area contributed by atoms with Crippen LogP contribution in [0.4, 0.5) is 0 Å². The second-order valence-electron chi connectivity index (χ2n) is 13.8. The van der Waals surface area contributed by atoms with Crippen LogP contribution in [0.5, 0.6) is 0 Å². The SMILES string of the molecule is Cc1ncnc(C)c1C(=O)N1CCC(C)(N2CCN([C@H](c3ccccc3)C3CCN(S(=O)(=O)c4cccc(Cl)c4)CC3)[C@@H](C)C2)CC1. The summed E-state index contributed by atoms with van der Waals surface area (Å²) >= 11 is 6.13. The molecule has 2 aromatic carbocycles. The van der Waals surface area contributed by atoms with Crippen molar-refractivity contribution in [3.63, 3.8) is 0 Å². The number of hydrogen-bond acceptors (Lipinski definition) is 7. The van der Waals surface area contributed by atoms with E-state index >= 15 is 0 Å². The Morgan fingerprint density at radius 3 is 2.19 bits per heavy atom. The number of amides is 1. The summed E-state index contributed by atoms with van der Waals surface area (Å²) in [6, 6.07) is 17.9. The highest BCUT2D eigenvalue weighted by molar-refractivity contribution is 7.89. The van der Waals surface area contributed by atoms with Crippen LogP contribution in [0.3, 0.4) is 0 Å². The number of likely N-dealkylation sites (tertiary alicyclic amines) is 1. The molecule has 3 aliphatic heterocycles. The van der Waals surface area contributed by atoms with Crippen LogP contribution in [0, 0.1) is 19.8 Å². The van der Waals surface area contributed by atoms with Gasteiger partial charge >= 0.3 is 0 Å². The van der Waals surface area contributed by atoms with Crippen molar-refractivity contribution in [2.24, 2.45) is 5.92 Å². The van der Waals surface area contributed by atoms with E-state index in [4.69, 9.17) is 11.6 Å². The van der Waals surface area contributed by atoms with E-state index in [-0.39, 0.29) is 22.4 Å². The van der Waals surface area contributed by atoms with Crippen LogP contribution in [0.1, 0.15) is 72.9 Å². The molecular weight excluding hydrogens is 632 g/mol. The first kappa shape index (κ1) is 34.0. The third kappa shape index (κ3) is 6.99. The van der Waals surface area contributed by atoms with Gasteiger partial charge < -0.3 is 4.90 Å². The summed E-state index contributed by atoms with van der Waals surface area (Å²) < 4.78 is 28.5. The molecule has 0 aliphatic carbocycles. The van der Waals surface area contributed by atoms with E-state index in [0.29, 0.717) is 35.6 Å². The summed E-state index contributed by atoms with van der Waals surface area (Å²) in [4.78, 5) is 29.5. The molecule has 0 unspecified atom stereocenters. The number of carbonyl (C=O) groups excluding carboxylic acids is 1. The predicted octanol–water partition coefficient (Wildman–Crippen LogP) is 5.59. The van der Waals surface area contributed by atoms with Crippen LogP contribution in [-0.2, 0) is 10.0 Å². The molecule has 3 aliphatic rings. The number of aryl methyl sites for hydroxylation is 2. The summed E-state index contributed by atoms with van der Waals surface area (Å²) in [5, 5.41) is 0.429. The lowest BCUT2D eigenvalue weighted by molar-refractivity contribution is -0.0421. The van der Waals surface area contributed by atoms with E-state index in [1.807, 2.05) is 18.7 Å². The molecule has 11 heteroatoms. The number of carbonyl (C=O) groups is 1. The molecule has 0 bridgehead atoms. The Morgan fingerprint density at radius 1 is 0.915 bits per heavy atom. The van der Waals surface area contributed by atoms with Gasteiger partial charge in [0.15, 0.2) is 0 Å². The first-order chi connectivity index (χ1) is 22.5. The van der Waals surface area contributed by atoms with Crippen LogP contribution in [0.15, 0.2) is 65.8 Å². The first-order valence-corrected chi connectivity index (χ1v) is 18.7. The predicted molar refractivity (Wildman–Crippen MR) is 185 cm³/mol. The second-order valence-corrected chi connectivity index (χ2v) is 16.2. The molecule has 1 amide bonds. The normalized spacial score (nSPS) is 22.7. The topological polar surface area (TPSA) is 90.0 Å². The maximum absolute atomic E-state index is 13.4. The monoisotopic (exact) mass is 678 g/mol. The molecule has 47 heavy (non-hydrogen) atoms. The molecule has 3 aromatic rings. The number of piperidine rings is 2. The van der Waals surface area contributed by atoms with Crippen molar-refractivity contribution in [2.45, 2.75) is 75.9 Å². The summed E-state index contributed by atoms with van der Waals surface area (Å²) in [7, 11) is -3.59. The van der Waals surface area contributed by atoms with Gasteiger partial charge in [0, 0.05) is 68.5 Å². The first-order valence-electron chi connectivity index (χ1n) is 16.9. The van der Waals surface area contributed by atoms with Crippen LogP contribution >= 0.6 is 11.6 Å². The van der Waals surface area contributed by atoms with Gasteiger partial charge in [-0.2, -0.15) is 4.31 Å². The fourth-order valence-electron chi connectivity index (χ4n) is 8.04. The Labute approximate surface area is 285 Å². The second kappa shape index (κ2) is 13.9. The minimum atomic E-state index is -3.59. The standard InChI is InChI=1S/C36H47ClN6O3S/c1-26-24-41(36(4)15-19-40(20-16-36)35(44)33-27(2)38-25-39-28(33)3)21-22-43(26)34(29-9-6-5-7-10-29)30-13-17-42(18-14-30)47(45,46)32-12-8-11-31(37)23-32/h5-12,23,25-26,30,34H,13-22,24H2,1-4H3/t26-,34+/m0/s1. The smallest absolute Gasteiger partial charge is 0.257 e. The van der Waals surface area contributed by atoms with Crippen LogP contribution < -0.4 is 0 Å². The third-order valence-electron chi connectivity index (χ3n) is 10.9. The van der Waals surface area contributed by atoms with Crippen molar-refractivity contribution in [1.29, 1.82) is 0 Å². The highest BCUT2D eigenvalue weighted by atomic mass is 35.5. The van der Waals surface area contributed by atoms with Crippen LogP contribution in [-0.4, -0.2) is 101 Å². The van der Waals surface area contributed by atoms with Gasteiger partial charge in [0.1, 0.15) is 6.33 Å². The molecule has 0 spiro atoms. The Balaban J connectivity index is 1.12. The van der Waals surface area contributed by atoms with Gasteiger partial charge in [0.25, 0.3) is 5.91 Å². The number of halogens is 1. The lowest BCUT2D eigenvalue weighted by atomic mass is 9.82. The zero-order chi connectivity index (χ0) is 33.3. The number of hydrogen-bond donors (Lipinski definition) is 0. The largest absolute Gasteiger partial charge is 0.338 e. The maximum atomic E-state index is 13.4. The zero-order valence-corrected chi connectivity index (χ0v) is 29.6. The number of aromatic nitrogens is 2. The van der Waals surface area contributed by atoms with E-state index in [2.05, 4.69) is 63.9 Å². The summed E-state index contributed by atoms with van der Waals surface area (Å²) in [6.07, 6.45) is 4.99. The molecule has 2 atom stereocenters.